The van der Waals surface area contributed by atoms with Crippen LogP contribution in [-0.2, 0) is 19.6 Å². The van der Waals surface area contributed by atoms with E-state index in [0.29, 0.717) is 13.0 Å². The van der Waals surface area contributed by atoms with Crippen molar-refractivity contribution in [3.05, 3.63) is 0 Å². The number of nitrogens with two attached hydrogens (primary N) is 1. The minimum atomic E-state index is -3.58. The van der Waals surface area contributed by atoms with Crippen LogP contribution in [0.1, 0.15) is 20.3 Å². The van der Waals surface area contributed by atoms with Gasteiger partial charge in [-0.3, -0.25) is 4.79 Å². The van der Waals surface area contributed by atoms with Gasteiger partial charge in [-0.05, 0) is 20.3 Å². The van der Waals surface area contributed by atoms with Gasteiger partial charge >= 0.3 is 0 Å². The highest BCUT2D eigenvalue weighted by molar-refractivity contribution is 7.89. The number of rotatable bonds is 4. The Kier molecular flexibility index (Phi) is 4.28. The second-order valence-corrected chi connectivity index (χ2v) is 6.20. The molecule has 3 atom stereocenters. The molecule has 16 heavy (non-hydrogen) atoms. The number of ether oxygens (including phenoxy) is 1. The fraction of sp³-hybridized carbons (Fsp3) is 0.889. The summed E-state index contributed by atoms with van der Waals surface area (Å²) < 4.78 is 27.1. The Bertz CT molecular complexity index is 355. The molecule has 6 nitrogen and oxygen atoms in total. The van der Waals surface area contributed by atoms with Crippen molar-refractivity contribution in [2.75, 3.05) is 13.2 Å². The van der Waals surface area contributed by atoms with E-state index in [1.165, 1.54) is 6.92 Å². The predicted octanol–water partition coefficient (Wildman–Crippen LogP) is -0.795. The van der Waals surface area contributed by atoms with Crippen LogP contribution in [0.25, 0.3) is 0 Å². The van der Waals surface area contributed by atoms with E-state index in [1.807, 2.05) is 6.92 Å². The third-order valence-electron chi connectivity index (χ3n) is 2.69. The summed E-state index contributed by atoms with van der Waals surface area (Å²) in [6, 6.07) is 0. The normalized spacial score (nSPS) is 27.7. The number of primary sulfonamides is 1. The minimum Gasteiger partial charge on any atom is -0.378 e. The van der Waals surface area contributed by atoms with Crippen molar-refractivity contribution in [1.82, 2.24) is 5.32 Å². The summed E-state index contributed by atoms with van der Waals surface area (Å²) in [5, 5.41) is 6.74. The van der Waals surface area contributed by atoms with Crippen molar-refractivity contribution in [1.29, 1.82) is 0 Å². The van der Waals surface area contributed by atoms with Gasteiger partial charge in [-0.1, -0.05) is 0 Å². The lowest BCUT2D eigenvalue weighted by Crippen LogP contribution is -2.40. The molecular weight excluding hydrogens is 232 g/mol. The first kappa shape index (κ1) is 13.4. The number of hydrogen-bond donors (Lipinski definition) is 2. The maximum Gasteiger partial charge on any atom is 0.225 e. The maximum atomic E-state index is 11.6. The molecule has 1 fully saturated rings. The van der Waals surface area contributed by atoms with Crippen molar-refractivity contribution >= 4 is 15.9 Å². The molecule has 3 unspecified atom stereocenters. The second-order valence-electron chi connectivity index (χ2n) is 4.22. The zero-order valence-electron chi connectivity index (χ0n) is 9.47. The molecule has 0 saturated carbocycles. The molecule has 0 aromatic rings. The Balaban J connectivity index is 2.36. The van der Waals surface area contributed by atoms with E-state index in [2.05, 4.69) is 5.32 Å². The van der Waals surface area contributed by atoms with Gasteiger partial charge in [-0.2, -0.15) is 0 Å². The monoisotopic (exact) mass is 250 g/mol. The van der Waals surface area contributed by atoms with E-state index in [1.54, 1.807) is 0 Å². The Hall–Kier alpha value is -0.660. The molecule has 0 aromatic heterocycles. The molecule has 0 aromatic carbocycles. The molecule has 1 amide bonds. The van der Waals surface area contributed by atoms with Gasteiger partial charge in [0.15, 0.2) is 0 Å². The molecule has 1 saturated heterocycles. The van der Waals surface area contributed by atoms with Crippen LogP contribution in [0.5, 0.6) is 0 Å². The molecule has 1 aliphatic heterocycles. The Morgan fingerprint density at radius 2 is 2.25 bits per heavy atom. The van der Waals surface area contributed by atoms with Crippen LogP contribution in [0.2, 0.25) is 0 Å². The highest BCUT2D eigenvalue weighted by Gasteiger charge is 2.28. The largest absolute Gasteiger partial charge is 0.378 e. The first-order valence-electron chi connectivity index (χ1n) is 5.21. The Morgan fingerprint density at radius 1 is 1.62 bits per heavy atom. The van der Waals surface area contributed by atoms with Crippen LogP contribution >= 0.6 is 0 Å². The van der Waals surface area contributed by atoms with Crippen molar-refractivity contribution in [3.8, 4) is 0 Å². The number of hydrogen-bond acceptors (Lipinski definition) is 4. The molecule has 3 N–H and O–H groups in total. The van der Waals surface area contributed by atoms with Crippen molar-refractivity contribution in [3.63, 3.8) is 0 Å². The summed E-state index contributed by atoms with van der Waals surface area (Å²) in [4.78, 5) is 11.6. The van der Waals surface area contributed by atoms with Gasteiger partial charge in [0.05, 0.1) is 23.9 Å². The second kappa shape index (κ2) is 5.11. The van der Waals surface area contributed by atoms with E-state index < -0.39 is 15.3 Å². The number of carbonyl (C=O) groups is 1. The zero-order chi connectivity index (χ0) is 12.3. The first-order chi connectivity index (χ1) is 7.30. The van der Waals surface area contributed by atoms with Crippen LogP contribution in [0, 0.1) is 5.92 Å². The van der Waals surface area contributed by atoms with Gasteiger partial charge < -0.3 is 10.1 Å². The summed E-state index contributed by atoms with van der Waals surface area (Å²) >= 11 is 0. The summed E-state index contributed by atoms with van der Waals surface area (Å²) in [7, 11) is -3.58. The topological polar surface area (TPSA) is 98.5 Å². The summed E-state index contributed by atoms with van der Waals surface area (Å²) in [6.45, 7) is 3.81. The number of carbonyl (C=O) groups excluding carboxylic acids is 1. The van der Waals surface area contributed by atoms with Crippen LogP contribution in [0.15, 0.2) is 0 Å². The highest BCUT2D eigenvalue weighted by Crippen LogP contribution is 2.18. The standard InChI is InChI=1S/C9H18N2O4S/c1-6-3-8(5-15-6)9(12)11-4-7(2)16(10,13)14/h6-8H,3-5H2,1-2H3,(H,11,12)(H2,10,13,14). The predicted molar refractivity (Wildman–Crippen MR) is 59.1 cm³/mol. The Labute approximate surface area is 95.6 Å². The number of sulfonamides is 1. The average Bonchev–Trinajstić information content (AvgIpc) is 2.59. The van der Waals surface area contributed by atoms with Gasteiger partial charge in [0.25, 0.3) is 0 Å². The van der Waals surface area contributed by atoms with Crippen molar-refractivity contribution in [2.45, 2.75) is 31.6 Å². The zero-order valence-corrected chi connectivity index (χ0v) is 10.3. The van der Waals surface area contributed by atoms with Gasteiger partial charge in [-0.25, -0.2) is 13.6 Å². The molecule has 1 rings (SSSR count). The number of nitrogens with one attached hydrogen (secondary N) is 1. The van der Waals surface area contributed by atoms with Gasteiger partial charge in [0.1, 0.15) is 0 Å². The maximum absolute atomic E-state index is 11.6. The van der Waals surface area contributed by atoms with E-state index >= 15 is 0 Å². The minimum absolute atomic E-state index is 0.0442. The van der Waals surface area contributed by atoms with Crippen molar-refractivity contribution in [2.24, 2.45) is 11.1 Å². The van der Waals surface area contributed by atoms with E-state index in [-0.39, 0.29) is 24.5 Å². The SMILES string of the molecule is CC1CC(C(=O)NCC(C)S(N)(=O)=O)CO1. The fourth-order valence-corrected chi connectivity index (χ4v) is 1.82. The molecule has 0 aliphatic carbocycles. The molecule has 7 heteroatoms. The van der Waals surface area contributed by atoms with Crippen molar-refractivity contribution < 1.29 is 17.9 Å². The molecule has 94 valence electrons. The van der Waals surface area contributed by atoms with Crippen LogP contribution in [-0.4, -0.2) is 38.8 Å². The van der Waals surface area contributed by atoms with Gasteiger partial charge in [0.2, 0.25) is 15.9 Å². The average molecular weight is 250 g/mol. The van der Waals surface area contributed by atoms with E-state index in [0.717, 1.165) is 0 Å². The molecule has 0 spiro atoms. The highest BCUT2D eigenvalue weighted by atomic mass is 32.2. The molecule has 1 aliphatic rings. The van der Waals surface area contributed by atoms with Gasteiger partial charge in [0, 0.05) is 6.54 Å². The van der Waals surface area contributed by atoms with Crippen LogP contribution in [0.4, 0.5) is 0 Å². The smallest absolute Gasteiger partial charge is 0.225 e. The fourth-order valence-electron chi connectivity index (χ4n) is 1.50. The third-order valence-corrected chi connectivity index (χ3v) is 3.98. The van der Waals surface area contributed by atoms with Crippen LogP contribution in [0.3, 0.4) is 0 Å². The summed E-state index contributed by atoms with van der Waals surface area (Å²) in [5.74, 6) is -0.345. The number of amides is 1. The molecule has 0 radical (unpaired) electrons. The summed E-state index contributed by atoms with van der Waals surface area (Å²) in [5.41, 5.74) is 0. The quantitative estimate of drug-likeness (QED) is 0.682. The van der Waals surface area contributed by atoms with Crippen LogP contribution < -0.4 is 10.5 Å². The lowest BCUT2D eigenvalue weighted by Gasteiger charge is -2.12. The lowest BCUT2D eigenvalue weighted by atomic mass is 10.1. The summed E-state index contributed by atoms with van der Waals surface area (Å²) in [6.07, 6.45) is 0.765. The van der Waals surface area contributed by atoms with E-state index in [9.17, 15) is 13.2 Å². The Morgan fingerprint density at radius 3 is 2.69 bits per heavy atom. The molecular formula is C9H18N2O4S. The third kappa shape index (κ3) is 3.73. The molecule has 0 bridgehead atoms. The molecule has 1 heterocycles. The lowest BCUT2D eigenvalue weighted by molar-refractivity contribution is -0.124. The van der Waals surface area contributed by atoms with E-state index in [4.69, 9.17) is 9.88 Å². The first-order valence-corrected chi connectivity index (χ1v) is 6.82. The van der Waals surface area contributed by atoms with Gasteiger partial charge in [-0.15, -0.1) is 0 Å².